The van der Waals surface area contributed by atoms with E-state index in [1.807, 2.05) is 7.05 Å². The Labute approximate surface area is 121 Å². The van der Waals surface area contributed by atoms with E-state index in [0.29, 0.717) is 24.4 Å². The van der Waals surface area contributed by atoms with Gasteiger partial charge in [-0.1, -0.05) is 0 Å². The van der Waals surface area contributed by atoms with Crippen LogP contribution in [0.5, 0.6) is 0 Å². The van der Waals surface area contributed by atoms with Gasteiger partial charge in [-0.25, -0.2) is 4.98 Å². The molecule has 1 aliphatic heterocycles. The molecule has 21 heavy (non-hydrogen) atoms. The van der Waals surface area contributed by atoms with Gasteiger partial charge in [-0.2, -0.15) is 0 Å². The molecule has 1 amide bonds. The average Bonchev–Trinajstić information content (AvgIpc) is 2.80. The molecule has 0 N–H and O–H groups in total. The van der Waals surface area contributed by atoms with Gasteiger partial charge >= 0.3 is 0 Å². The molecule has 112 valence electrons. The van der Waals surface area contributed by atoms with Crippen molar-refractivity contribution < 1.29 is 9.21 Å². The van der Waals surface area contributed by atoms with Crippen molar-refractivity contribution in [3.8, 4) is 0 Å². The van der Waals surface area contributed by atoms with Crippen molar-refractivity contribution in [3.63, 3.8) is 0 Å². The lowest BCUT2D eigenvalue weighted by molar-refractivity contribution is 0.0664. The lowest BCUT2D eigenvalue weighted by Crippen LogP contribution is -2.47. The van der Waals surface area contributed by atoms with Crippen molar-refractivity contribution in [2.45, 2.75) is 6.92 Å². The van der Waals surface area contributed by atoms with Crippen molar-refractivity contribution in [1.29, 1.82) is 0 Å². The van der Waals surface area contributed by atoms with Crippen LogP contribution in [0.1, 0.15) is 16.1 Å². The highest BCUT2D eigenvalue weighted by atomic mass is 16.3. The molecule has 0 unspecified atom stereocenters. The SMILES string of the molecule is Cc1oc2ncn(C)c(=O)c2c1C(=O)N1CCN(C)CC1. The predicted molar refractivity (Wildman–Crippen MR) is 77.4 cm³/mol. The van der Waals surface area contributed by atoms with E-state index in [1.165, 1.54) is 10.9 Å². The molecule has 1 aliphatic rings. The first kappa shape index (κ1) is 13.8. The number of rotatable bonds is 1. The summed E-state index contributed by atoms with van der Waals surface area (Å²) in [5.41, 5.74) is 0.325. The Morgan fingerprint density at radius 1 is 1.24 bits per heavy atom. The fraction of sp³-hybridized carbons (Fsp3) is 0.500. The van der Waals surface area contributed by atoms with Crippen LogP contribution >= 0.6 is 0 Å². The molecule has 0 spiro atoms. The van der Waals surface area contributed by atoms with Crippen LogP contribution in [0.15, 0.2) is 15.5 Å². The summed E-state index contributed by atoms with van der Waals surface area (Å²) in [7, 11) is 3.64. The molecule has 0 saturated carbocycles. The number of fused-ring (bicyclic) bond motifs is 1. The highest BCUT2D eigenvalue weighted by Crippen LogP contribution is 2.22. The minimum absolute atomic E-state index is 0.149. The summed E-state index contributed by atoms with van der Waals surface area (Å²) in [4.78, 5) is 33.0. The van der Waals surface area contributed by atoms with E-state index in [-0.39, 0.29) is 22.6 Å². The van der Waals surface area contributed by atoms with Crippen LogP contribution in [0.4, 0.5) is 0 Å². The van der Waals surface area contributed by atoms with Crippen LogP contribution < -0.4 is 5.56 Å². The van der Waals surface area contributed by atoms with E-state index in [2.05, 4.69) is 9.88 Å². The quantitative estimate of drug-likeness (QED) is 0.751. The second-order valence-corrected chi connectivity index (χ2v) is 5.47. The van der Waals surface area contributed by atoms with E-state index in [1.54, 1.807) is 18.9 Å². The number of hydrogen-bond donors (Lipinski definition) is 0. The average molecular weight is 290 g/mol. The normalized spacial score (nSPS) is 16.6. The molecule has 3 rings (SSSR count). The largest absolute Gasteiger partial charge is 0.442 e. The highest BCUT2D eigenvalue weighted by Gasteiger charge is 2.27. The molecule has 0 aliphatic carbocycles. The Bertz CT molecular complexity index is 753. The zero-order valence-electron chi connectivity index (χ0n) is 12.4. The maximum Gasteiger partial charge on any atom is 0.265 e. The topological polar surface area (TPSA) is 71.6 Å². The molecule has 2 aromatic heterocycles. The van der Waals surface area contributed by atoms with Crippen molar-refractivity contribution in [2.24, 2.45) is 7.05 Å². The number of furan rings is 1. The number of nitrogens with zero attached hydrogens (tertiary/aromatic N) is 4. The molecule has 0 aromatic carbocycles. The first-order chi connectivity index (χ1) is 9.99. The highest BCUT2D eigenvalue weighted by molar-refractivity contribution is 6.06. The molecule has 1 saturated heterocycles. The summed E-state index contributed by atoms with van der Waals surface area (Å²) in [6, 6.07) is 0. The van der Waals surface area contributed by atoms with E-state index < -0.39 is 0 Å². The number of likely N-dealkylation sites (N-methyl/N-ethyl adjacent to an activating group) is 1. The fourth-order valence-corrected chi connectivity index (χ4v) is 2.61. The Kier molecular flexibility index (Phi) is 3.29. The van der Waals surface area contributed by atoms with Gasteiger partial charge in [0.2, 0.25) is 5.71 Å². The summed E-state index contributed by atoms with van der Waals surface area (Å²) in [6.07, 6.45) is 1.40. The molecule has 0 bridgehead atoms. The van der Waals surface area contributed by atoms with Crippen LogP contribution in [0.2, 0.25) is 0 Å². The maximum absolute atomic E-state index is 12.7. The smallest absolute Gasteiger partial charge is 0.265 e. The van der Waals surface area contributed by atoms with Crippen LogP contribution in [0.25, 0.3) is 11.1 Å². The summed E-state index contributed by atoms with van der Waals surface area (Å²) in [5.74, 6) is 0.300. The van der Waals surface area contributed by atoms with Gasteiger partial charge < -0.3 is 18.8 Å². The zero-order valence-corrected chi connectivity index (χ0v) is 12.4. The number of carbonyl (C=O) groups is 1. The van der Waals surface area contributed by atoms with Gasteiger partial charge in [0, 0.05) is 33.2 Å². The van der Waals surface area contributed by atoms with Crippen molar-refractivity contribution in [2.75, 3.05) is 33.2 Å². The zero-order chi connectivity index (χ0) is 15.1. The first-order valence-corrected chi connectivity index (χ1v) is 6.91. The molecule has 0 atom stereocenters. The van der Waals surface area contributed by atoms with Crippen molar-refractivity contribution in [3.05, 3.63) is 28.0 Å². The van der Waals surface area contributed by atoms with E-state index in [0.717, 1.165) is 13.1 Å². The number of piperazine rings is 1. The van der Waals surface area contributed by atoms with Crippen molar-refractivity contribution in [1.82, 2.24) is 19.4 Å². The Hall–Kier alpha value is -2.15. The third-order valence-electron chi connectivity index (χ3n) is 3.95. The van der Waals surface area contributed by atoms with E-state index in [9.17, 15) is 9.59 Å². The van der Waals surface area contributed by atoms with Gasteiger partial charge in [-0.15, -0.1) is 0 Å². The monoisotopic (exact) mass is 290 g/mol. The van der Waals surface area contributed by atoms with Gasteiger partial charge in [-0.3, -0.25) is 9.59 Å². The molecular formula is C14H18N4O3. The molecule has 7 heteroatoms. The number of aryl methyl sites for hydroxylation is 2. The lowest BCUT2D eigenvalue weighted by atomic mass is 10.1. The Morgan fingerprint density at radius 3 is 2.57 bits per heavy atom. The second-order valence-electron chi connectivity index (χ2n) is 5.47. The molecule has 3 heterocycles. The van der Waals surface area contributed by atoms with Crippen LogP contribution in [-0.4, -0.2) is 58.5 Å². The fourth-order valence-electron chi connectivity index (χ4n) is 2.61. The lowest BCUT2D eigenvalue weighted by Gasteiger charge is -2.32. The minimum Gasteiger partial charge on any atom is -0.442 e. The van der Waals surface area contributed by atoms with Crippen LogP contribution in [-0.2, 0) is 7.05 Å². The summed E-state index contributed by atoms with van der Waals surface area (Å²) in [5, 5.41) is 0.279. The Balaban J connectivity index is 2.07. The van der Waals surface area contributed by atoms with Gasteiger partial charge in [0.15, 0.2) is 0 Å². The standard InChI is InChI=1S/C14H18N4O3/c1-9-10(14(20)18-6-4-16(2)5-7-18)11-12(21-9)15-8-17(3)13(11)19/h8H,4-7H2,1-3H3. The molecule has 7 nitrogen and oxygen atoms in total. The van der Waals surface area contributed by atoms with Gasteiger partial charge in [0.25, 0.3) is 11.5 Å². The Morgan fingerprint density at radius 2 is 1.90 bits per heavy atom. The number of amides is 1. The molecular weight excluding hydrogens is 272 g/mol. The third-order valence-corrected chi connectivity index (χ3v) is 3.95. The van der Waals surface area contributed by atoms with Gasteiger partial charge in [0.05, 0.1) is 5.56 Å². The number of aromatic nitrogens is 2. The van der Waals surface area contributed by atoms with Crippen LogP contribution in [0, 0.1) is 6.92 Å². The van der Waals surface area contributed by atoms with Gasteiger partial charge in [-0.05, 0) is 14.0 Å². The summed E-state index contributed by atoms with van der Waals surface area (Å²) < 4.78 is 6.84. The third kappa shape index (κ3) is 2.23. The maximum atomic E-state index is 12.7. The molecule has 2 aromatic rings. The van der Waals surface area contributed by atoms with Crippen LogP contribution in [0.3, 0.4) is 0 Å². The summed E-state index contributed by atoms with van der Waals surface area (Å²) >= 11 is 0. The summed E-state index contributed by atoms with van der Waals surface area (Å²) in [6.45, 7) is 4.67. The first-order valence-electron chi connectivity index (χ1n) is 6.91. The minimum atomic E-state index is -0.255. The van der Waals surface area contributed by atoms with Crippen molar-refractivity contribution >= 4 is 17.0 Å². The predicted octanol–water partition coefficient (Wildman–Crippen LogP) is 0.223. The molecule has 1 fully saturated rings. The van der Waals surface area contributed by atoms with E-state index in [4.69, 9.17) is 4.42 Å². The second kappa shape index (κ2) is 5.00. The van der Waals surface area contributed by atoms with Gasteiger partial charge in [0.1, 0.15) is 17.5 Å². The van der Waals surface area contributed by atoms with E-state index >= 15 is 0 Å². The number of carbonyl (C=O) groups excluding carboxylic acids is 1. The number of hydrogen-bond acceptors (Lipinski definition) is 5. The molecule has 0 radical (unpaired) electrons.